The summed E-state index contributed by atoms with van der Waals surface area (Å²) < 4.78 is 12.8. The largest absolute Gasteiger partial charge is 0.462 e. The smallest absolute Gasteiger partial charge is 0.348 e. The van der Waals surface area contributed by atoms with Crippen LogP contribution < -0.4 is 0 Å². The van der Waals surface area contributed by atoms with Gasteiger partial charge < -0.3 is 13.9 Å². The Hall–Kier alpha value is -2.34. The number of aromatic nitrogens is 1. The maximum atomic E-state index is 12.3. The van der Waals surface area contributed by atoms with E-state index in [0.717, 1.165) is 15.7 Å². The Morgan fingerprint density at radius 1 is 1.09 bits per heavy atom. The first-order valence-electron chi connectivity index (χ1n) is 7.04. The molecule has 0 N–H and O–H groups in total. The van der Waals surface area contributed by atoms with Gasteiger partial charge in [0, 0.05) is 6.20 Å². The second kappa shape index (κ2) is 5.81. The zero-order chi connectivity index (χ0) is 15.7. The van der Waals surface area contributed by atoms with Crippen molar-refractivity contribution in [1.29, 1.82) is 0 Å². The van der Waals surface area contributed by atoms with Gasteiger partial charge in [0.15, 0.2) is 0 Å². The monoisotopic (exact) mass is 317 g/mol. The summed E-state index contributed by atoms with van der Waals surface area (Å²) >= 11 is 1.26. The predicted octanol–water partition coefficient (Wildman–Crippen LogP) is 3.51. The highest BCUT2D eigenvalue weighted by atomic mass is 32.1. The summed E-state index contributed by atoms with van der Waals surface area (Å²) in [7, 11) is 0. The number of ether oxygens (including phenoxy) is 2. The van der Waals surface area contributed by atoms with Crippen LogP contribution in [-0.4, -0.2) is 29.6 Å². The summed E-state index contributed by atoms with van der Waals surface area (Å²) in [6.07, 6.45) is 1.86. The van der Waals surface area contributed by atoms with Gasteiger partial charge in [0.2, 0.25) is 0 Å². The molecule has 0 fully saturated rings. The summed E-state index contributed by atoms with van der Waals surface area (Å²) in [5.74, 6) is -0.748. The number of pyridine rings is 1. The summed E-state index contributed by atoms with van der Waals surface area (Å²) in [6, 6.07) is 7.37. The SMILES string of the molecule is CCOC(=O)c1cc2c(s1)c(C(=O)OCC)c1ccccn12. The first-order chi connectivity index (χ1) is 10.7. The number of carbonyl (C=O) groups is 2. The van der Waals surface area contributed by atoms with Crippen molar-refractivity contribution in [1.82, 2.24) is 4.40 Å². The number of esters is 2. The molecular formula is C16H15NO4S. The summed E-state index contributed by atoms with van der Waals surface area (Å²) in [5, 5.41) is 0. The molecule has 3 heterocycles. The molecule has 3 aromatic heterocycles. The van der Waals surface area contributed by atoms with Gasteiger partial charge in [-0.3, -0.25) is 0 Å². The van der Waals surface area contributed by atoms with Crippen molar-refractivity contribution in [2.75, 3.05) is 13.2 Å². The third-order valence-corrected chi connectivity index (χ3v) is 4.39. The van der Waals surface area contributed by atoms with Crippen LogP contribution in [0.15, 0.2) is 30.5 Å². The van der Waals surface area contributed by atoms with Crippen molar-refractivity contribution in [3.63, 3.8) is 0 Å². The van der Waals surface area contributed by atoms with Gasteiger partial charge >= 0.3 is 11.9 Å². The fourth-order valence-electron chi connectivity index (χ4n) is 2.42. The first kappa shape index (κ1) is 14.6. The van der Waals surface area contributed by atoms with Crippen molar-refractivity contribution in [3.8, 4) is 0 Å². The molecule has 5 nitrogen and oxygen atoms in total. The Kier molecular flexibility index (Phi) is 3.85. The maximum Gasteiger partial charge on any atom is 0.348 e. The average molecular weight is 317 g/mol. The lowest BCUT2D eigenvalue weighted by Crippen LogP contribution is -2.04. The van der Waals surface area contributed by atoms with E-state index in [-0.39, 0.29) is 11.9 Å². The van der Waals surface area contributed by atoms with E-state index < -0.39 is 0 Å². The highest BCUT2D eigenvalue weighted by molar-refractivity contribution is 7.21. The number of carbonyl (C=O) groups excluding carboxylic acids is 2. The quantitative estimate of drug-likeness (QED) is 0.691. The second-order valence-electron chi connectivity index (χ2n) is 4.60. The minimum Gasteiger partial charge on any atom is -0.462 e. The molecule has 3 aromatic rings. The van der Waals surface area contributed by atoms with Crippen LogP contribution in [0.25, 0.3) is 15.7 Å². The van der Waals surface area contributed by atoms with Gasteiger partial charge in [0.05, 0.1) is 28.9 Å². The molecule has 3 rings (SSSR count). The van der Waals surface area contributed by atoms with Crippen molar-refractivity contribution in [3.05, 3.63) is 40.9 Å². The van der Waals surface area contributed by atoms with Gasteiger partial charge in [-0.25, -0.2) is 9.59 Å². The van der Waals surface area contributed by atoms with Crippen LogP contribution in [0.3, 0.4) is 0 Å². The van der Waals surface area contributed by atoms with E-state index in [2.05, 4.69) is 0 Å². The molecule has 6 heteroatoms. The molecule has 0 aromatic carbocycles. The summed E-state index contributed by atoms with van der Waals surface area (Å²) in [4.78, 5) is 24.7. The third kappa shape index (κ3) is 2.25. The molecule has 0 unspecified atom stereocenters. The lowest BCUT2D eigenvalue weighted by molar-refractivity contribution is 0.0521. The maximum absolute atomic E-state index is 12.3. The van der Waals surface area contributed by atoms with Gasteiger partial charge in [-0.15, -0.1) is 11.3 Å². The Labute approximate surface area is 131 Å². The minimum atomic E-state index is -0.376. The van der Waals surface area contributed by atoms with Gasteiger partial charge in [-0.2, -0.15) is 0 Å². The van der Waals surface area contributed by atoms with Crippen molar-refractivity contribution in [2.24, 2.45) is 0 Å². The van der Waals surface area contributed by atoms with Crippen LogP contribution in [0, 0.1) is 0 Å². The van der Waals surface area contributed by atoms with Gasteiger partial charge in [-0.1, -0.05) is 6.07 Å². The Morgan fingerprint density at radius 3 is 2.55 bits per heavy atom. The van der Waals surface area contributed by atoms with Crippen LogP contribution in [0.2, 0.25) is 0 Å². The van der Waals surface area contributed by atoms with Crippen LogP contribution in [0.4, 0.5) is 0 Å². The molecule has 0 spiro atoms. The van der Waals surface area contributed by atoms with E-state index in [1.165, 1.54) is 11.3 Å². The van der Waals surface area contributed by atoms with E-state index in [1.54, 1.807) is 19.9 Å². The van der Waals surface area contributed by atoms with Crippen LogP contribution in [0.1, 0.15) is 33.9 Å². The fraction of sp³-hybridized carbons (Fsp3) is 0.250. The normalized spacial score (nSPS) is 11.0. The molecular weight excluding hydrogens is 302 g/mol. The fourth-order valence-corrected chi connectivity index (χ4v) is 3.50. The number of hydrogen-bond acceptors (Lipinski definition) is 5. The van der Waals surface area contributed by atoms with Crippen LogP contribution in [0.5, 0.6) is 0 Å². The highest BCUT2D eigenvalue weighted by Crippen LogP contribution is 2.34. The summed E-state index contributed by atoms with van der Waals surface area (Å²) in [5.41, 5.74) is 2.09. The van der Waals surface area contributed by atoms with E-state index in [4.69, 9.17) is 9.47 Å². The number of fused-ring (bicyclic) bond motifs is 3. The molecule has 0 radical (unpaired) electrons. The molecule has 0 saturated heterocycles. The van der Waals surface area contributed by atoms with E-state index >= 15 is 0 Å². The lowest BCUT2D eigenvalue weighted by Gasteiger charge is -2.01. The molecule has 0 bridgehead atoms. The number of nitrogens with zero attached hydrogens (tertiary/aromatic N) is 1. The second-order valence-corrected chi connectivity index (χ2v) is 5.65. The molecule has 0 aliphatic heterocycles. The van der Waals surface area contributed by atoms with Crippen molar-refractivity contribution < 1.29 is 19.1 Å². The van der Waals surface area contributed by atoms with E-state index in [0.29, 0.717) is 23.7 Å². The predicted molar refractivity (Wildman–Crippen MR) is 84.7 cm³/mol. The molecule has 0 aliphatic rings. The lowest BCUT2D eigenvalue weighted by atomic mass is 10.2. The molecule has 0 atom stereocenters. The van der Waals surface area contributed by atoms with Gasteiger partial charge in [0.1, 0.15) is 10.4 Å². The van der Waals surface area contributed by atoms with E-state index in [1.807, 2.05) is 28.8 Å². The van der Waals surface area contributed by atoms with Crippen LogP contribution >= 0.6 is 11.3 Å². The number of rotatable bonds is 4. The highest BCUT2D eigenvalue weighted by Gasteiger charge is 2.23. The standard InChI is InChI=1S/C16H15NO4S/c1-3-20-15(18)12-9-11-14(22-12)13(16(19)21-4-2)10-7-5-6-8-17(10)11/h5-9H,3-4H2,1-2H3. The first-order valence-corrected chi connectivity index (χ1v) is 7.85. The van der Waals surface area contributed by atoms with Gasteiger partial charge in [0.25, 0.3) is 0 Å². The zero-order valence-electron chi connectivity index (χ0n) is 12.3. The van der Waals surface area contributed by atoms with Crippen molar-refractivity contribution >= 4 is 39.0 Å². The van der Waals surface area contributed by atoms with Crippen LogP contribution in [-0.2, 0) is 9.47 Å². The topological polar surface area (TPSA) is 57.0 Å². The zero-order valence-corrected chi connectivity index (χ0v) is 13.1. The van der Waals surface area contributed by atoms with Crippen molar-refractivity contribution in [2.45, 2.75) is 13.8 Å². The minimum absolute atomic E-state index is 0.306. The Balaban J connectivity index is 2.24. The Morgan fingerprint density at radius 2 is 1.82 bits per heavy atom. The number of hydrogen-bond donors (Lipinski definition) is 0. The molecule has 22 heavy (non-hydrogen) atoms. The Bertz CT molecular complexity index is 862. The third-order valence-electron chi connectivity index (χ3n) is 3.27. The average Bonchev–Trinajstić information content (AvgIpc) is 3.04. The molecule has 0 amide bonds. The molecule has 0 aliphatic carbocycles. The number of thiophene rings is 1. The molecule has 114 valence electrons. The summed E-state index contributed by atoms with van der Waals surface area (Å²) in [6.45, 7) is 4.16. The molecule has 0 saturated carbocycles. The van der Waals surface area contributed by atoms with E-state index in [9.17, 15) is 9.59 Å². The van der Waals surface area contributed by atoms with Gasteiger partial charge in [-0.05, 0) is 32.0 Å².